The highest BCUT2D eigenvalue weighted by Crippen LogP contribution is 2.18. The van der Waals surface area contributed by atoms with Crippen molar-refractivity contribution in [1.29, 1.82) is 0 Å². The van der Waals surface area contributed by atoms with Crippen LogP contribution in [-0.4, -0.2) is 27.7 Å². The maximum absolute atomic E-state index is 13.4. The molecule has 0 saturated heterocycles. The Balaban J connectivity index is 1.90. The van der Waals surface area contributed by atoms with Crippen molar-refractivity contribution in [2.75, 3.05) is 6.61 Å². The van der Waals surface area contributed by atoms with Crippen molar-refractivity contribution in [1.82, 2.24) is 14.9 Å². The fourth-order valence-electron chi connectivity index (χ4n) is 2.15. The van der Waals surface area contributed by atoms with Crippen molar-refractivity contribution in [2.45, 2.75) is 6.92 Å². The third-order valence-corrected chi connectivity index (χ3v) is 3.51. The number of nitrogens with zero attached hydrogens (tertiary/aromatic N) is 3. The summed E-state index contributed by atoms with van der Waals surface area (Å²) < 4.78 is 20.6. The number of nitrogens with one attached hydrogen (secondary N) is 1. The molecule has 0 amide bonds. The Morgan fingerprint density at radius 2 is 2.08 bits per heavy atom. The summed E-state index contributed by atoms with van der Waals surface area (Å²) in [5.74, 6) is 0.903. The van der Waals surface area contributed by atoms with E-state index in [1.165, 1.54) is 16.8 Å². The summed E-state index contributed by atoms with van der Waals surface area (Å²) in [6.45, 7) is 2.55. The van der Waals surface area contributed by atoms with Crippen LogP contribution in [0, 0.1) is 10.6 Å². The third-order valence-electron chi connectivity index (χ3n) is 3.25. The summed E-state index contributed by atoms with van der Waals surface area (Å²) in [4.78, 5) is 0. The van der Waals surface area contributed by atoms with Gasteiger partial charge in [0.25, 0.3) is 0 Å². The fraction of sp³-hybridized carbons (Fsp3) is 0.118. The Morgan fingerprint density at radius 1 is 1.29 bits per heavy atom. The van der Waals surface area contributed by atoms with Crippen LogP contribution in [-0.2, 0) is 0 Å². The minimum absolute atomic E-state index is 0.330. The Labute approximate surface area is 143 Å². The molecule has 0 saturated carbocycles. The minimum atomic E-state index is -0.344. The second-order valence-electron chi connectivity index (χ2n) is 4.92. The van der Waals surface area contributed by atoms with E-state index in [0.717, 1.165) is 11.3 Å². The molecule has 7 heteroatoms. The number of halogens is 1. The van der Waals surface area contributed by atoms with Crippen molar-refractivity contribution in [3.63, 3.8) is 0 Å². The summed E-state index contributed by atoms with van der Waals surface area (Å²) in [5, 5.41) is 11.1. The first-order valence-corrected chi connectivity index (χ1v) is 7.79. The average Bonchev–Trinajstić information content (AvgIpc) is 2.95. The van der Waals surface area contributed by atoms with Gasteiger partial charge in [-0.3, -0.25) is 0 Å². The number of rotatable bonds is 5. The van der Waals surface area contributed by atoms with E-state index in [1.54, 1.807) is 18.3 Å². The van der Waals surface area contributed by atoms with Gasteiger partial charge in [-0.25, -0.2) is 9.49 Å². The minimum Gasteiger partial charge on any atom is -0.494 e. The molecule has 1 aromatic heterocycles. The van der Waals surface area contributed by atoms with Gasteiger partial charge >= 0.3 is 0 Å². The molecule has 0 atom stereocenters. The van der Waals surface area contributed by atoms with E-state index < -0.39 is 0 Å². The lowest BCUT2D eigenvalue weighted by molar-refractivity contribution is 0.340. The Bertz CT molecular complexity index is 915. The molecule has 0 spiro atoms. The van der Waals surface area contributed by atoms with Crippen molar-refractivity contribution in [2.24, 2.45) is 5.10 Å². The van der Waals surface area contributed by atoms with Crippen LogP contribution in [0.2, 0.25) is 0 Å². The lowest BCUT2D eigenvalue weighted by Gasteiger charge is -2.03. The molecule has 0 aliphatic carbocycles. The zero-order valence-corrected chi connectivity index (χ0v) is 13.8. The molecule has 0 aliphatic heterocycles. The highest BCUT2D eigenvalue weighted by atomic mass is 32.1. The van der Waals surface area contributed by atoms with E-state index in [1.807, 2.05) is 31.2 Å². The fourth-order valence-corrected chi connectivity index (χ4v) is 2.33. The Kier molecular flexibility index (Phi) is 4.81. The van der Waals surface area contributed by atoms with Gasteiger partial charge in [-0.1, -0.05) is 12.1 Å². The van der Waals surface area contributed by atoms with E-state index in [0.29, 0.717) is 22.8 Å². The monoisotopic (exact) mass is 342 g/mol. The van der Waals surface area contributed by atoms with Crippen LogP contribution < -0.4 is 4.74 Å². The molecule has 0 unspecified atom stereocenters. The van der Waals surface area contributed by atoms with Crippen LogP contribution in [0.4, 0.5) is 4.39 Å². The first-order valence-electron chi connectivity index (χ1n) is 7.38. The van der Waals surface area contributed by atoms with Gasteiger partial charge in [-0.15, -0.1) is 0 Å². The predicted molar refractivity (Wildman–Crippen MR) is 93.4 cm³/mol. The summed E-state index contributed by atoms with van der Waals surface area (Å²) >= 11 is 5.19. The van der Waals surface area contributed by atoms with Gasteiger partial charge in [0.2, 0.25) is 4.77 Å². The number of benzene rings is 2. The molecule has 24 heavy (non-hydrogen) atoms. The summed E-state index contributed by atoms with van der Waals surface area (Å²) in [5.41, 5.74) is 1.47. The summed E-state index contributed by atoms with van der Waals surface area (Å²) in [7, 11) is 0. The maximum Gasteiger partial charge on any atom is 0.216 e. The molecule has 0 aliphatic rings. The zero-order chi connectivity index (χ0) is 16.9. The quantitative estimate of drug-likeness (QED) is 0.563. The molecule has 0 radical (unpaired) electrons. The van der Waals surface area contributed by atoms with Gasteiger partial charge in [0.15, 0.2) is 5.82 Å². The molecule has 2 aromatic carbocycles. The first kappa shape index (κ1) is 16.1. The van der Waals surface area contributed by atoms with Crippen LogP contribution in [0.3, 0.4) is 0 Å². The highest BCUT2D eigenvalue weighted by Gasteiger charge is 2.08. The van der Waals surface area contributed by atoms with Crippen LogP contribution in [0.1, 0.15) is 12.5 Å². The first-order chi connectivity index (χ1) is 11.7. The smallest absolute Gasteiger partial charge is 0.216 e. The van der Waals surface area contributed by atoms with Gasteiger partial charge in [-0.2, -0.15) is 14.9 Å². The molecule has 0 bridgehead atoms. The predicted octanol–water partition coefficient (Wildman–Crippen LogP) is 4.03. The van der Waals surface area contributed by atoms with Gasteiger partial charge in [0, 0.05) is 5.56 Å². The van der Waals surface area contributed by atoms with E-state index in [4.69, 9.17) is 17.0 Å². The van der Waals surface area contributed by atoms with Crippen LogP contribution in [0.15, 0.2) is 53.6 Å². The SMILES string of the molecule is CCOc1ccc(/C=N\n2c(-c3cccc(F)c3)n[nH]c2=S)cc1. The Hall–Kier alpha value is -2.80. The lowest BCUT2D eigenvalue weighted by Crippen LogP contribution is -1.96. The normalized spacial score (nSPS) is 11.1. The Morgan fingerprint density at radius 3 is 2.79 bits per heavy atom. The van der Waals surface area contributed by atoms with E-state index in [9.17, 15) is 4.39 Å². The van der Waals surface area contributed by atoms with Crippen LogP contribution in [0.25, 0.3) is 11.4 Å². The maximum atomic E-state index is 13.4. The number of aromatic amines is 1. The van der Waals surface area contributed by atoms with E-state index >= 15 is 0 Å². The lowest BCUT2D eigenvalue weighted by atomic mass is 10.2. The van der Waals surface area contributed by atoms with E-state index in [2.05, 4.69) is 15.3 Å². The second-order valence-corrected chi connectivity index (χ2v) is 5.31. The second kappa shape index (κ2) is 7.18. The molecule has 0 fully saturated rings. The average molecular weight is 342 g/mol. The van der Waals surface area contributed by atoms with E-state index in [-0.39, 0.29) is 5.82 Å². The molecule has 5 nitrogen and oxygen atoms in total. The molecule has 3 rings (SSSR count). The number of ether oxygens (including phenoxy) is 1. The number of hydrogen-bond donors (Lipinski definition) is 1. The van der Waals surface area contributed by atoms with Crippen molar-refractivity contribution in [3.8, 4) is 17.1 Å². The molecule has 1 heterocycles. The van der Waals surface area contributed by atoms with Crippen molar-refractivity contribution in [3.05, 3.63) is 64.7 Å². The molecular weight excluding hydrogens is 327 g/mol. The van der Waals surface area contributed by atoms with Crippen molar-refractivity contribution >= 4 is 18.4 Å². The van der Waals surface area contributed by atoms with Gasteiger partial charge < -0.3 is 4.74 Å². The number of aromatic nitrogens is 3. The van der Waals surface area contributed by atoms with Gasteiger partial charge in [0.05, 0.1) is 12.8 Å². The van der Waals surface area contributed by atoms with Crippen LogP contribution in [0.5, 0.6) is 5.75 Å². The van der Waals surface area contributed by atoms with Gasteiger partial charge in [0.1, 0.15) is 11.6 Å². The summed E-state index contributed by atoms with van der Waals surface area (Å²) in [6.07, 6.45) is 1.66. The topological polar surface area (TPSA) is 55.2 Å². The summed E-state index contributed by atoms with van der Waals surface area (Å²) in [6, 6.07) is 13.6. The molecule has 122 valence electrons. The third kappa shape index (κ3) is 3.57. The highest BCUT2D eigenvalue weighted by molar-refractivity contribution is 7.71. The molecular formula is C17H15FN4OS. The van der Waals surface area contributed by atoms with Crippen LogP contribution >= 0.6 is 12.2 Å². The zero-order valence-electron chi connectivity index (χ0n) is 12.9. The molecule has 3 aromatic rings. The largest absolute Gasteiger partial charge is 0.494 e. The number of H-pyrrole nitrogens is 1. The van der Waals surface area contributed by atoms with Crippen molar-refractivity contribution < 1.29 is 9.13 Å². The number of hydrogen-bond acceptors (Lipinski definition) is 4. The standard InChI is InChI=1S/C17H15FN4OS/c1-2-23-15-8-6-12(7-9-15)11-19-22-16(20-21-17(22)24)13-4-3-5-14(18)10-13/h3-11H,2H2,1H3,(H,21,24)/b19-11-. The van der Waals surface area contributed by atoms with Gasteiger partial charge in [-0.05, 0) is 61.1 Å². The molecule has 1 N–H and O–H groups in total.